The van der Waals surface area contributed by atoms with Crippen molar-refractivity contribution in [3.63, 3.8) is 0 Å². The molecule has 7 nitrogen and oxygen atoms in total. The predicted molar refractivity (Wildman–Crippen MR) is 116 cm³/mol. The zero-order chi connectivity index (χ0) is 17.8. The molecule has 0 aromatic heterocycles. The standard InChI is InChI=1S/C18H36N4O3.HI/c1-19-17(20-8-11-24-15-14-23-2)21-16-18(6-4-3-5-7-18)22-9-12-25-13-10-22;/h3-16H2,1-2H3,(H2,19,20,21);1H. The molecule has 26 heavy (non-hydrogen) atoms. The Morgan fingerprint density at radius 3 is 2.46 bits per heavy atom. The Labute approximate surface area is 175 Å². The Hall–Kier alpha value is -0.160. The van der Waals surface area contributed by atoms with Crippen molar-refractivity contribution in [1.29, 1.82) is 0 Å². The minimum absolute atomic E-state index is 0. The number of rotatable bonds is 9. The summed E-state index contributed by atoms with van der Waals surface area (Å²) < 4.78 is 16.0. The summed E-state index contributed by atoms with van der Waals surface area (Å²) in [5.41, 5.74) is 0.245. The summed E-state index contributed by atoms with van der Waals surface area (Å²) in [7, 11) is 3.51. The molecule has 2 N–H and O–H groups in total. The molecule has 1 aliphatic heterocycles. The van der Waals surface area contributed by atoms with Gasteiger partial charge >= 0.3 is 0 Å². The third-order valence-corrected chi connectivity index (χ3v) is 5.25. The van der Waals surface area contributed by atoms with Crippen LogP contribution < -0.4 is 10.6 Å². The Bertz CT molecular complexity index is 387. The zero-order valence-electron chi connectivity index (χ0n) is 16.4. The molecule has 2 fully saturated rings. The van der Waals surface area contributed by atoms with Crippen molar-refractivity contribution in [1.82, 2.24) is 15.5 Å². The van der Waals surface area contributed by atoms with Crippen molar-refractivity contribution in [3.05, 3.63) is 0 Å². The van der Waals surface area contributed by atoms with Crippen LogP contribution in [-0.4, -0.2) is 89.8 Å². The van der Waals surface area contributed by atoms with Gasteiger partial charge in [-0.2, -0.15) is 0 Å². The molecule has 0 unspecified atom stereocenters. The average molecular weight is 484 g/mol. The first-order valence-electron chi connectivity index (χ1n) is 9.65. The van der Waals surface area contributed by atoms with Gasteiger partial charge in [0.1, 0.15) is 0 Å². The van der Waals surface area contributed by atoms with Crippen LogP contribution in [0, 0.1) is 0 Å². The highest BCUT2D eigenvalue weighted by Gasteiger charge is 2.38. The SMILES string of the molecule is CN=C(NCCOCCOC)NCC1(N2CCOCC2)CCCCC1.I. The minimum atomic E-state index is 0. The van der Waals surface area contributed by atoms with Gasteiger partial charge in [0.05, 0.1) is 33.0 Å². The number of halogens is 1. The molecule has 1 heterocycles. The van der Waals surface area contributed by atoms with Gasteiger partial charge in [-0.25, -0.2) is 0 Å². The lowest BCUT2D eigenvalue weighted by atomic mass is 9.80. The van der Waals surface area contributed by atoms with Gasteiger partial charge in [-0.3, -0.25) is 9.89 Å². The van der Waals surface area contributed by atoms with Crippen molar-refractivity contribution in [3.8, 4) is 0 Å². The molecule has 0 bridgehead atoms. The normalized spacial score (nSPS) is 21.1. The first-order chi connectivity index (χ1) is 12.3. The van der Waals surface area contributed by atoms with Crippen LogP contribution >= 0.6 is 24.0 Å². The number of aliphatic imine (C=N–C) groups is 1. The number of nitrogens with one attached hydrogen (secondary N) is 2. The number of hydrogen-bond donors (Lipinski definition) is 2. The predicted octanol–water partition coefficient (Wildman–Crippen LogP) is 1.47. The Balaban J connectivity index is 0.00000338. The third kappa shape index (κ3) is 7.84. The largest absolute Gasteiger partial charge is 0.382 e. The molecule has 0 radical (unpaired) electrons. The van der Waals surface area contributed by atoms with E-state index >= 15 is 0 Å². The van der Waals surface area contributed by atoms with Gasteiger partial charge in [-0.15, -0.1) is 24.0 Å². The van der Waals surface area contributed by atoms with Gasteiger partial charge in [0.25, 0.3) is 0 Å². The lowest BCUT2D eigenvalue weighted by molar-refractivity contribution is -0.0352. The first-order valence-corrected chi connectivity index (χ1v) is 9.65. The zero-order valence-corrected chi connectivity index (χ0v) is 18.8. The summed E-state index contributed by atoms with van der Waals surface area (Å²) in [6, 6.07) is 0. The Morgan fingerprint density at radius 2 is 1.81 bits per heavy atom. The van der Waals surface area contributed by atoms with Crippen LogP contribution in [-0.2, 0) is 14.2 Å². The summed E-state index contributed by atoms with van der Waals surface area (Å²) in [6.07, 6.45) is 6.52. The van der Waals surface area contributed by atoms with Crippen LogP contribution in [0.15, 0.2) is 4.99 Å². The first kappa shape index (κ1) is 23.9. The van der Waals surface area contributed by atoms with Gasteiger partial charge in [-0.1, -0.05) is 19.3 Å². The topological polar surface area (TPSA) is 67.4 Å². The van der Waals surface area contributed by atoms with Crippen LogP contribution in [0.1, 0.15) is 32.1 Å². The molecule has 1 aliphatic carbocycles. The number of morpholine rings is 1. The van der Waals surface area contributed by atoms with Crippen molar-refractivity contribution in [2.45, 2.75) is 37.6 Å². The summed E-state index contributed by atoms with van der Waals surface area (Å²) >= 11 is 0. The maximum absolute atomic E-state index is 5.55. The third-order valence-electron chi connectivity index (χ3n) is 5.25. The fourth-order valence-corrected chi connectivity index (χ4v) is 3.81. The quantitative estimate of drug-likeness (QED) is 0.224. The van der Waals surface area contributed by atoms with Gasteiger partial charge < -0.3 is 24.8 Å². The maximum Gasteiger partial charge on any atom is 0.191 e. The Kier molecular flexibility index (Phi) is 12.8. The highest BCUT2D eigenvalue weighted by molar-refractivity contribution is 14.0. The van der Waals surface area contributed by atoms with E-state index in [9.17, 15) is 0 Å². The fraction of sp³-hybridized carbons (Fsp3) is 0.944. The van der Waals surface area contributed by atoms with Crippen molar-refractivity contribution in [2.24, 2.45) is 4.99 Å². The second-order valence-corrected chi connectivity index (χ2v) is 6.84. The van der Waals surface area contributed by atoms with E-state index in [1.165, 1.54) is 32.1 Å². The van der Waals surface area contributed by atoms with E-state index in [2.05, 4.69) is 20.5 Å². The van der Waals surface area contributed by atoms with Crippen molar-refractivity contribution in [2.75, 3.05) is 73.4 Å². The van der Waals surface area contributed by atoms with Gasteiger partial charge in [-0.05, 0) is 12.8 Å². The molecule has 1 saturated heterocycles. The smallest absolute Gasteiger partial charge is 0.191 e. The van der Waals surface area contributed by atoms with Crippen LogP contribution in [0.5, 0.6) is 0 Å². The second kappa shape index (κ2) is 13.9. The number of methoxy groups -OCH3 is 1. The van der Waals surface area contributed by atoms with Gasteiger partial charge in [0.2, 0.25) is 0 Å². The molecular weight excluding hydrogens is 447 g/mol. The molecule has 154 valence electrons. The van der Waals surface area contributed by atoms with E-state index in [0.29, 0.717) is 19.8 Å². The summed E-state index contributed by atoms with van der Waals surface area (Å²) in [4.78, 5) is 7.00. The van der Waals surface area contributed by atoms with E-state index in [4.69, 9.17) is 14.2 Å². The summed E-state index contributed by atoms with van der Waals surface area (Å²) in [5, 5.41) is 6.89. The second-order valence-electron chi connectivity index (χ2n) is 6.84. The molecule has 0 spiro atoms. The van der Waals surface area contributed by atoms with Gasteiger partial charge in [0.15, 0.2) is 5.96 Å². The number of ether oxygens (including phenoxy) is 3. The molecule has 0 aromatic carbocycles. The lowest BCUT2D eigenvalue weighted by Gasteiger charge is -2.48. The van der Waals surface area contributed by atoms with Crippen LogP contribution in [0.4, 0.5) is 0 Å². The number of hydrogen-bond acceptors (Lipinski definition) is 5. The molecule has 2 aliphatic rings. The molecule has 0 aromatic rings. The number of nitrogens with zero attached hydrogens (tertiary/aromatic N) is 2. The highest BCUT2D eigenvalue weighted by atomic mass is 127. The molecule has 8 heteroatoms. The average Bonchev–Trinajstić information content (AvgIpc) is 2.68. The highest BCUT2D eigenvalue weighted by Crippen LogP contribution is 2.33. The summed E-state index contributed by atoms with van der Waals surface area (Å²) in [6.45, 7) is 7.40. The minimum Gasteiger partial charge on any atom is -0.382 e. The van der Waals surface area contributed by atoms with E-state index in [1.807, 2.05) is 7.05 Å². The molecule has 0 amide bonds. The van der Waals surface area contributed by atoms with Crippen LogP contribution in [0.25, 0.3) is 0 Å². The molecule has 0 atom stereocenters. The molecular formula is C18H37IN4O3. The van der Waals surface area contributed by atoms with E-state index < -0.39 is 0 Å². The molecule has 2 rings (SSSR count). The fourth-order valence-electron chi connectivity index (χ4n) is 3.81. The van der Waals surface area contributed by atoms with Crippen LogP contribution in [0.2, 0.25) is 0 Å². The van der Waals surface area contributed by atoms with E-state index in [1.54, 1.807) is 7.11 Å². The molecule has 1 saturated carbocycles. The summed E-state index contributed by atoms with van der Waals surface area (Å²) in [5.74, 6) is 0.855. The Morgan fingerprint density at radius 1 is 1.08 bits per heavy atom. The van der Waals surface area contributed by atoms with Crippen molar-refractivity contribution < 1.29 is 14.2 Å². The van der Waals surface area contributed by atoms with Gasteiger partial charge in [0, 0.05) is 45.9 Å². The monoisotopic (exact) mass is 484 g/mol. The van der Waals surface area contributed by atoms with E-state index in [0.717, 1.165) is 45.4 Å². The number of guanidine groups is 1. The van der Waals surface area contributed by atoms with Crippen LogP contribution in [0.3, 0.4) is 0 Å². The van der Waals surface area contributed by atoms with E-state index in [-0.39, 0.29) is 29.5 Å². The lowest BCUT2D eigenvalue weighted by Crippen LogP contribution is -2.60. The maximum atomic E-state index is 5.55. The van der Waals surface area contributed by atoms with Crippen molar-refractivity contribution >= 4 is 29.9 Å².